The average Bonchev–Trinajstić information content (AvgIpc) is 2.56. The number of methoxy groups -OCH3 is 1. The molecule has 0 aliphatic carbocycles. The van der Waals surface area contributed by atoms with E-state index in [1.165, 1.54) is 4.90 Å². The van der Waals surface area contributed by atoms with Gasteiger partial charge in [0.1, 0.15) is 5.75 Å². The second-order valence-electron chi connectivity index (χ2n) is 4.50. The van der Waals surface area contributed by atoms with E-state index in [0.717, 1.165) is 30.2 Å². The van der Waals surface area contributed by atoms with Crippen LogP contribution in [0.4, 0.5) is 5.69 Å². The Morgan fingerprint density at radius 3 is 2.77 bits per heavy atom. The molecule has 0 atom stereocenters. The van der Waals surface area contributed by atoms with E-state index < -0.39 is 0 Å². The lowest BCUT2D eigenvalue weighted by Crippen LogP contribution is -2.29. The van der Waals surface area contributed by atoms with Crippen molar-refractivity contribution < 1.29 is 4.74 Å². The summed E-state index contributed by atoms with van der Waals surface area (Å²) in [5.41, 5.74) is 0.896. The molecule has 0 saturated heterocycles. The summed E-state index contributed by atoms with van der Waals surface area (Å²) in [7, 11) is 1.68. The minimum absolute atomic E-state index is 0.627. The van der Waals surface area contributed by atoms with Crippen LogP contribution in [-0.2, 0) is 0 Å². The molecule has 1 aromatic heterocycles. The lowest BCUT2D eigenvalue weighted by Gasteiger charge is -2.10. The van der Waals surface area contributed by atoms with Crippen molar-refractivity contribution in [1.82, 2.24) is 10.3 Å². The molecule has 1 aromatic carbocycles. The normalized spacial score (nSPS) is 10.0. The highest BCUT2D eigenvalue weighted by Crippen LogP contribution is 2.21. The van der Waals surface area contributed by atoms with Gasteiger partial charge in [-0.1, -0.05) is 0 Å². The molecule has 0 aliphatic heterocycles. The van der Waals surface area contributed by atoms with Crippen molar-refractivity contribution in [2.24, 2.45) is 0 Å². The third-order valence-electron chi connectivity index (χ3n) is 2.85. The number of anilines is 1. The predicted molar refractivity (Wildman–Crippen MR) is 96.8 cm³/mol. The summed E-state index contributed by atoms with van der Waals surface area (Å²) < 4.78 is 5.14. The first-order valence-electron chi connectivity index (χ1n) is 6.99. The maximum absolute atomic E-state index is 5.24. The number of thioether (sulfide) groups is 1. The fourth-order valence-corrected chi connectivity index (χ4v) is 2.82. The number of hydrogen-bond acceptors (Lipinski definition) is 4. The molecule has 0 spiro atoms. The second-order valence-corrected chi connectivity index (χ2v) is 6.08. The van der Waals surface area contributed by atoms with Crippen molar-refractivity contribution in [2.75, 3.05) is 24.7 Å². The highest BCUT2D eigenvalue weighted by atomic mass is 32.2. The van der Waals surface area contributed by atoms with Crippen molar-refractivity contribution in [3.63, 3.8) is 0 Å². The molecule has 2 aromatic rings. The molecule has 6 heteroatoms. The second kappa shape index (κ2) is 9.27. The monoisotopic (exact) mass is 333 g/mol. The van der Waals surface area contributed by atoms with Crippen molar-refractivity contribution in [3.05, 3.63) is 48.8 Å². The van der Waals surface area contributed by atoms with Gasteiger partial charge in [0.2, 0.25) is 0 Å². The number of benzene rings is 1. The first kappa shape index (κ1) is 16.6. The van der Waals surface area contributed by atoms with Gasteiger partial charge in [0.25, 0.3) is 0 Å². The number of thiocarbonyl (C=S) groups is 1. The van der Waals surface area contributed by atoms with Crippen molar-refractivity contribution in [3.8, 4) is 5.75 Å². The molecule has 0 fully saturated rings. The van der Waals surface area contributed by atoms with Crippen molar-refractivity contribution >= 4 is 34.8 Å². The summed E-state index contributed by atoms with van der Waals surface area (Å²) in [5.74, 6) is 1.92. The Balaban J connectivity index is 1.59. The van der Waals surface area contributed by atoms with E-state index in [0.29, 0.717) is 5.11 Å². The number of pyridine rings is 1. The van der Waals surface area contributed by atoms with Crippen molar-refractivity contribution in [1.29, 1.82) is 0 Å². The zero-order valence-corrected chi connectivity index (χ0v) is 14.0. The number of nitrogens with one attached hydrogen (secondary N) is 2. The van der Waals surface area contributed by atoms with Crippen LogP contribution in [0.3, 0.4) is 0 Å². The summed E-state index contributed by atoms with van der Waals surface area (Å²) in [6.45, 7) is 0.843. The molecule has 0 unspecified atom stereocenters. The Kier molecular flexibility index (Phi) is 6.99. The van der Waals surface area contributed by atoms with E-state index in [-0.39, 0.29) is 0 Å². The molecular weight excluding hydrogens is 314 g/mol. The van der Waals surface area contributed by atoms with Crippen LogP contribution in [0.5, 0.6) is 5.75 Å². The summed E-state index contributed by atoms with van der Waals surface area (Å²) in [5, 5.41) is 6.92. The number of rotatable bonds is 7. The summed E-state index contributed by atoms with van der Waals surface area (Å²) >= 11 is 7.06. The van der Waals surface area contributed by atoms with E-state index in [4.69, 9.17) is 17.0 Å². The van der Waals surface area contributed by atoms with Crippen LogP contribution in [0.2, 0.25) is 0 Å². The minimum Gasteiger partial charge on any atom is -0.497 e. The van der Waals surface area contributed by atoms with E-state index in [2.05, 4.69) is 27.8 Å². The molecule has 0 amide bonds. The fraction of sp³-hybridized carbons (Fsp3) is 0.250. The third kappa shape index (κ3) is 5.91. The molecule has 116 valence electrons. The zero-order valence-electron chi connectivity index (χ0n) is 12.4. The standard InChI is InChI=1S/C16H19N3OS2/c1-20-14-5-7-15(8-6-14)22-11-3-10-18-16(21)19-13-4-2-9-17-12-13/h2,4-9,12H,3,10-11H2,1H3,(H2,18,19,21). The number of nitrogens with zero attached hydrogens (tertiary/aromatic N) is 1. The Hall–Kier alpha value is -1.79. The highest BCUT2D eigenvalue weighted by molar-refractivity contribution is 7.99. The fourth-order valence-electron chi connectivity index (χ4n) is 1.75. The van der Waals surface area contributed by atoms with Crippen LogP contribution in [-0.4, -0.2) is 29.5 Å². The lowest BCUT2D eigenvalue weighted by atomic mass is 10.3. The number of ether oxygens (including phenoxy) is 1. The third-order valence-corrected chi connectivity index (χ3v) is 4.20. The molecule has 0 saturated carbocycles. The SMILES string of the molecule is COc1ccc(SCCCNC(=S)Nc2cccnc2)cc1. The maximum atomic E-state index is 5.24. The molecular formula is C16H19N3OS2. The Morgan fingerprint density at radius 2 is 2.09 bits per heavy atom. The summed E-state index contributed by atoms with van der Waals surface area (Å²) in [6.07, 6.45) is 4.51. The molecule has 0 bridgehead atoms. The van der Waals surface area contributed by atoms with E-state index in [1.54, 1.807) is 19.5 Å². The lowest BCUT2D eigenvalue weighted by molar-refractivity contribution is 0.414. The predicted octanol–water partition coefficient (Wildman–Crippen LogP) is 3.56. The smallest absolute Gasteiger partial charge is 0.170 e. The summed E-state index contributed by atoms with van der Waals surface area (Å²) in [6, 6.07) is 11.9. The first-order chi connectivity index (χ1) is 10.8. The van der Waals surface area contributed by atoms with Gasteiger partial charge in [-0.15, -0.1) is 11.8 Å². The van der Waals surface area contributed by atoms with Gasteiger partial charge in [0.15, 0.2) is 5.11 Å². The van der Waals surface area contributed by atoms with Crippen LogP contribution in [0.25, 0.3) is 0 Å². The van der Waals surface area contributed by atoms with Crippen LogP contribution in [0.1, 0.15) is 6.42 Å². The van der Waals surface area contributed by atoms with Gasteiger partial charge in [0.05, 0.1) is 19.0 Å². The quantitative estimate of drug-likeness (QED) is 0.459. The maximum Gasteiger partial charge on any atom is 0.170 e. The van der Waals surface area contributed by atoms with Gasteiger partial charge >= 0.3 is 0 Å². The van der Waals surface area contributed by atoms with Gasteiger partial charge in [-0.2, -0.15) is 0 Å². The van der Waals surface area contributed by atoms with E-state index in [1.807, 2.05) is 36.0 Å². The number of hydrogen-bond donors (Lipinski definition) is 2. The summed E-state index contributed by atoms with van der Waals surface area (Å²) in [4.78, 5) is 5.28. The molecule has 22 heavy (non-hydrogen) atoms. The molecule has 2 rings (SSSR count). The zero-order chi connectivity index (χ0) is 15.6. The average molecular weight is 333 g/mol. The van der Waals surface area contributed by atoms with Gasteiger partial charge < -0.3 is 15.4 Å². The van der Waals surface area contributed by atoms with Crippen LogP contribution < -0.4 is 15.4 Å². The van der Waals surface area contributed by atoms with Gasteiger partial charge in [-0.25, -0.2) is 0 Å². The van der Waals surface area contributed by atoms with Crippen LogP contribution >= 0.6 is 24.0 Å². The van der Waals surface area contributed by atoms with Gasteiger partial charge in [-0.3, -0.25) is 4.98 Å². The largest absolute Gasteiger partial charge is 0.497 e. The topological polar surface area (TPSA) is 46.2 Å². The van der Waals surface area contributed by atoms with Gasteiger partial charge in [-0.05, 0) is 60.8 Å². The highest BCUT2D eigenvalue weighted by Gasteiger charge is 1.98. The first-order valence-corrected chi connectivity index (χ1v) is 8.39. The van der Waals surface area contributed by atoms with E-state index >= 15 is 0 Å². The molecule has 4 nitrogen and oxygen atoms in total. The Bertz CT molecular complexity index is 576. The van der Waals surface area contributed by atoms with Crippen LogP contribution in [0, 0.1) is 0 Å². The van der Waals surface area contributed by atoms with E-state index in [9.17, 15) is 0 Å². The molecule has 1 heterocycles. The Labute approximate surface area is 140 Å². The van der Waals surface area contributed by atoms with Crippen molar-refractivity contribution in [2.45, 2.75) is 11.3 Å². The molecule has 2 N–H and O–H groups in total. The van der Waals surface area contributed by atoms with Crippen LogP contribution in [0.15, 0.2) is 53.7 Å². The molecule has 0 aliphatic rings. The van der Waals surface area contributed by atoms with Gasteiger partial charge in [0, 0.05) is 17.6 Å². The number of aromatic nitrogens is 1. The molecule has 0 radical (unpaired) electrons. The Morgan fingerprint density at radius 1 is 1.27 bits per heavy atom. The minimum atomic E-state index is 0.627.